The number of benzene rings is 1. The predicted octanol–water partition coefficient (Wildman–Crippen LogP) is 0.601. The van der Waals surface area contributed by atoms with Crippen molar-refractivity contribution in [2.75, 3.05) is 33.4 Å². The van der Waals surface area contributed by atoms with Crippen molar-refractivity contribution in [3.63, 3.8) is 0 Å². The number of carbonyl (C=O) groups excluding carboxylic acids is 2. The van der Waals surface area contributed by atoms with Gasteiger partial charge in [0.15, 0.2) is 6.61 Å². The van der Waals surface area contributed by atoms with Crippen LogP contribution in [-0.2, 0) is 20.7 Å². The number of amides is 1. The second-order valence-corrected chi connectivity index (χ2v) is 5.28. The lowest BCUT2D eigenvalue weighted by Crippen LogP contribution is -2.53. The van der Waals surface area contributed by atoms with E-state index in [1.165, 1.54) is 7.11 Å². The number of hydrogen-bond donors (Lipinski definition) is 1. The Labute approximate surface area is 130 Å². The largest absolute Gasteiger partial charge is 0.482 e. The van der Waals surface area contributed by atoms with E-state index in [1.807, 2.05) is 29.2 Å². The first-order valence-electron chi connectivity index (χ1n) is 7.36. The van der Waals surface area contributed by atoms with Gasteiger partial charge in [0.1, 0.15) is 5.75 Å². The molecule has 1 atom stereocenters. The van der Waals surface area contributed by atoms with Gasteiger partial charge in [-0.1, -0.05) is 12.1 Å². The molecule has 1 aromatic carbocycles. The van der Waals surface area contributed by atoms with Gasteiger partial charge in [-0.05, 0) is 24.1 Å². The number of rotatable bonds is 5. The van der Waals surface area contributed by atoms with Crippen LogP contribution in [0.1, 0.15) is 12.5 Å². The maximum absolute atomic E-state index is 11.7. The van der Waals surface area contributed by atoms with E-state index in [1.54, 1.807) is 6.92 Å². The fourth-order valence-corrected chi connectivity index (χ4v) is 2.55. The lowest BCUT2D eigenvalue weighted by molar-refractivity contribution is -0.142. The van der Waals surface area contributed by atoms with E-state index in [-0.39, 0.29) is 18.6 Å². The van der Waals surface area contributed by atoms with Gasteiger partial charge in [0.05, 0.1) is 7.11 Å². The molecule has 1 aromatic rings. The van der Waals surface area contributed by atoms with Crippen LogP contribution < -0.4 is 10.1 Å². The minimum atomic E-state index is -0.408. The molecule has 1 heterocycles. The van der Waals surface area contributed by atoms with Gasteiger partial charge in [-0.15, -0.1) is 0 Å². The molecule has 1 fully saturated rings. The van der Waals surface area contributed by atoms with Crippen molar-refractivity contribution in [2.24, 2.45) is 0 Å². The van der Waals surface area contributed by atoms with Crippen LogP contribution in [0.3, 0.4) is 0 Å². The number of ether oxygens (including phenoxy) is 2. The third-order valence-corrected chi connectivity index (χ3v) is 3.73. The van der Waals surface area contributed by atoms with Crippen LogP contribution >= 0.6 is 0 Å². The highest BCUT2D eigenvalue weighted by molar-refractivity contribution is 5.73. The Balaban J connectivity index is 1.92. The second-order valence-electron chi connectivity index (χ2n) is 5.28. The number of hydrogen-bond acceptors (Lipinski definition) is 5. The Morgan fingerprint density at radius 3 is 2.68 bits per heavy atom. The molecule has 22 heavy (non-hydrogen) atoms. The first kappa shape index (κ1) is 16.3. The summed E-state index contributed by atoms with van der Waals surface area (Å²) in [6, 6.07) is 7.74. The summed E-state index contributed by atoms with van der Waals surface area (Å²) in [5.41, 5.74) is 1.13. The number of carbonyl (C=O) groups is 2. The average Bonchev–Trinajstić information content (AvgIpc) is 2.54. The lowest BCUT2D eigenvalue weighted by atomic mass is 10.0. The molecule has 1 aliphatic heterocycles. The first-order chi connectivity index (χ1) is 10.6. The molecule has 1 saturated heterocycles. The molecule has 120 valence electrons. The Kier molecular flexibility index (Phi) is 5.77. The first-order valence-corrected chi connectivity index (χ1v) is 7.36. The maximum atomic E-state index is 11.7. The molecule has 0 radical (unpaired) electrons. The SMILES string of the molecule is COC(=O)COc1ccc(C[C@@H]2CNCCN2C(C)=O)cc1. The predicted molar refractivity (Wildman–Crippen MR) is 81.7 cm³/mol. The van der Waals surface area contributed by atoms with Crippen molar-refractivity contribution in [1.82, 2.24) is 10.2 Å². The Bertz CT molecular complexity index is 515. The van der Waals surface area contributed by atoms with Crippen LogP contribution in [0.25, 0.3) is 0 Å². The summed E-state index contributed by atoms with van der Waals surface area (Å²) in [5, 5.41) is 3.32. The maximum Gasteiger partial charge on any atom is 0.343 e. The van der Waals surface area contributed by atoms with Crippen molar-refractivity contribution >= 4 is 11.9 Å². The molecular weight excluding hydrogens is 284 g/mol. The number of nitrogens with zero attached hydrogens (tertiary/aromatic N) is 1. The van der Waals surface area contributed by atoms with Gasteiger partial charge in [0.25, 0.3) is 0 Å². The summed E-state index contributed by atoms with van der Waals surface area (Å²) in [6.45, 7) is 3.92. The van der Waals surface area contributed by atoms with Gasteiger partial charge < -0.3 is 19.7 Å². The molecule has 0 saturated carbocycles. The Hall–Kier alpha value is -2.08. The van der Waals surface area contributed by atoms with Crippen LogP contribution in [0.15, 0.2) is 24.3 Å². The van der Waals surface area contributed by atoms with Crippen molar-refractivity contribution in [1.29, 1.82) is 0 Å². The van der Waals surface area contributed by atoms with Crippen molar-refractivity contribution < 1.29 is 19.1 Å². The highest BCUT2D eigenvalue weighted by atomic mass is 16.6. The molecule has 1 amide bonds. The van der Waals surface area contributed by atoms with E-state index >= 15 is 0 Å². The fourth-order valence-electron chi connectivity index (χ4n) is 2.55. The van der Waals surface area contributed by atoms with E-state index < -0.39 is 5.97 Å². The highest BCUT2D eigenvalue weighted by Crippen LogP contribution is 2.16. The highest BCUT2D eigenvalue weighted by Gasteiger charge is 2.24. The van der Waals surface area contributed by atoms with Crippen molar-refractivity contribution in [3.05, 3.63) is 29.8 Å². The molecule has 6 nitrogen and oxygen atoms in total. The van der Waals surface area contributed by atoms with E-state index in [2.05, 4.69) is 10.1 Å². The summed E-state index contributed by atoms with van der Waals surface area (Å²) >= 11 is 0. The molecule has 2 rings (SSSR count). The summed E-state index contributed by atoms with van der Waals surface area (Å²) < 4.78 is 9.83. The second kappa shape index (κ2) is 7.79. The third kappa shape index (κ3) is 4.46. The van der Waals surface area contributed by atoms with Crippen LogP contribution in [0, 0.1) is 0 Å². The third-order valence-electron chi connectivity index (χ3n) is 3.73. The van der Waals surface area contributed by atoms with Crippen LogP contribution in [-0.4, -0.2) is 56.2 Å². The van der Waals surface area contributed by atoms with Gasteiger partial charge in [-0.2, -0.15) is 0 Å². The van der Waals surface area contributed by atoms with Gasteiger partial charge >= 0.3 is 5.97 Å². The van der Waals surface area contributed by atoms with Crippen LogP contribution in [0.4, 0.5) is 0 Å². The lowest BCUT2D eigenvalue weighted by Gasteiger charge is -2.35. The molecule has 0 aliphatic carbocycles. The number of nitrogens with one attached hydrogen (secondary N) is 1. The summed E-state index contributed by atoms with van der Waals surface area (Å²) in [7, 11) is 1.33. The van der Waals surface area contributed by atoms with E-state index in [0.717, 1.165) is 31.6 Å². The van der Waals surface area contributed by atoms with E-state index in [4.69, 9.17) is 4.74 Å². The van der Waals surface area contributed by atoms with Crippen LogP contribution in [0.2, 0.25) is 0 Å². The molecule has 0 bridgehead atoms. The standard InChI is InChI=1S/C16H22N2O4/c1-12(19)18-8-7-17-10-14(18)9-13-3-5-15(6-4-13)22-11-16(20)21-2/h3-6,14,17H,7-11H2,1-2H3/t14-/m1/s1. The summed E-state index contributed by atoms with van der Waals surface area (Å²) in [4.78, 5) is 24.6. The monoisotopic (exact) mass is 306 g/mol. The van der Waals surface area contributed by atoms with Crippen LogP contribution in [0.5, 0.6) is 5.75 Å². The molecule has 1 aliphatic rings. The molecule has 0 spiro atoms. The summed E-state index contributed by atoms with van der Waals surface area (Å²) in [6.07, 6.45) is 0.795. The van der Waals surface area contributed by atoms with Gasteiger partial charge in [0, 0.05) is 32.6 Å². The Morgan fingerprint density at radius 1 is 1.32 bits per heavy atom. The number of methoxy groups -OCH3 is 1. The van der Waals surface area contributed by atoms with Crippen molar-refractivity contribution in [3.8, 4) is 5.75 Å². The average molecular weight is 306 g/mol. The minimum Gasteiger partial charge on any atom is -0.482 e. The summed E-state index contributed by atoms with van der Waals surface area (Å²) in [5.74, 6) is 0.332. The zero-order chi connectivity index (χ0) is 15.9. The normalized spacial score (nSPS) is 17.9. The number of piperazine rings is 1. The number of esters is 1. The molecule has 0 unspecified atom stereocenters. The topological polar surface area (TPSA) is 67.9 Å². The minimum absolute atomic E-state index is 0.0967. The van der Waals surface area contributed by atoms with Gasteiger partial charge in [-0.25, -0.2) is 4.79 Å². The molecule has 1 N–H and O–H groups in total. The zero-order valence-corrected chi connectivity index (χ0v) is 13.0. The quantitative estimate of drug-likeness (QED) is 0.807. The van der Waals surface area contributed by atoms with Gasteiger partial charge in [0.2, 0.25) is 5.91 Å². The zero-order valence-electron chi connectivity index (χ0n) is 13.0. The van der Waals surface area contributed by atoms with Gasteiger partial charge in [-0.3, -0.25) is 4.79 Å². The molecule has 6 heteroatoms. The van der Waals surface area contributed by atoms with E-state index in [0.29, 0.717) is 5.75 Å². The van der Waals surface area contributed by atoms with Crippen molar-refractivity contribution in [2.45, 2.75) is 19.4 Å². The smallest absolute Gasteiger partial charge is 0.343 e. The molecule has 0 aromatic heterocycles. The van der Waals surface area contributed by atoms with E-state index in [9.17, 15) is 9.59 Å². The Morgan fingerprint density at radius 2 is 2.05 bits per heavy atom. The molecular formula is C16H22N2O4. The fraction of sp³-hybridized carbons (Fsp3) is 0.500.